The number of hydrogen-bond acceptors (Lipinski definition) is 4. The fourth-order valence-corrected chi connectivity index (χ4v) is 4.09. The monoisotopic (exact) mass is 366 g/mol. The Morgan fingerprint density at radius 3 is 2.50 bits per heavy atom. The molecule has 0 saturated carbocycles. The average molecular weight is 367 g/mol. The zero-order valence-corrected chi connectivity index (χ0v) is 14.3. The van der Waals surface area contributed by atoms with E-state index in [0.717, 1.165) is 0 Å². The van der Waals surface area contributed by atoms with Crippen LogP contribution in [0.1, 0.15) is 6.42 Å². The number of amides is 1. The van der Waals surface area contributed by atoms with Gasteiger partial charge in [-0.05, 0) is 24.6 Å². The Morgan fingerprint density at radius 2 is 1.86 bits per heavy atom. The number of methoxy groups -OCH3 is 1. The normalized spacial score (nSPS) is 17.1. The quantitative estimate of drug-likeness (QED) is 0.806. The largest absolute Gasteiger partial charge is 0.453 e. The van der Waals surface area contributed by atoms with E-state index in [1.807, 2.05) is 0 Å². The van der Waals surface area contributed by atoms with Crippen LogP contribution < -0.4 is 0 Å². The summed E-state index contributed by atoms with van der Waals surface area (Å²) in [7, 11) is -2.37. The second-order valence-corrected chi connectivity index (χ2v) is 7.54. The van der Waals surface area contributed by atoms with E-state index in [0.29, 0.717) is 24.5 Å². The van der Waals surface area contributed by atoms with Crippen molar-refractivity contribution < 1.29 is 17.9 Å². The van der Waals surface area contributed by atoms with Crippen molar-refractivity contribution in [3.63, 3.8) is 0 Å². The van der Waals surface area contributed by atoms with Crippen molar-refractivity contribution in [2.24, 2.45) is 0 Å². The van der Waals surface area contributed by atoms with Crippen LogP contribution in [0.5, 0.6) is 0 Å². The van der Waals surface area contributed by atoms with Crippen molar-refractivity contribution in [1.82, 2.24) is 9.21 Å². The number of ether oxygens (including phenoxy) is 1. The smallest absolute Gasteiger partial charge is 0.409 e. The first-order valence-electron chi connectivity index (χ1n) is 6.64. The second kappa shape index (κ2) is 7.04. The second-order valence-electron chi connectivity index (χ2n) is 4.79. The average Bonchev–Trinajstić information content (AvgIpc) is 2.75. The van der Waals surface area contributed by atoms with Crippen molar-refractivity contribution in [2.45, 2.75) is 11.3 Å². The Balaban J connectivity index is 2.19. The van der Waals surface area contributed by atoms with E-state index < -0.39 is 16.1 Å². The van der Waals surface area contributed by atoms with Gasteiger partial charge in [0.15, 0.2) is 0 Å². The molecule has 2 rings (SSSR count). The van der Waals surface area contributed by atoms with Gasteiger partial charge in [-0.3, -0.25) is 0 Å². The fraction of sp³-hybridized carbons (Fsp3) is 0.462. The van der Waals surface area contributed by atoms with Crippen LogP contribution in [0.3, 0.4) is 0 Å². The number of nitrogens with zero attached hydrogens (tertiary/aromatic N) is 2. The third-order valence-corrected chi connectivity index (χ3v) is 6.05. The van der Waals surface area contributed by atoms with Gasteiger partial charge in [-0.1, -0.05) is 23.2 Å². The topological polar surface area (TPSA) is 66.9 Å². The van der Waals surface area contributed by atoms with Gasteiger partial charge in [0.05, 0.1) is 22.1 Å². The molecule has 0 bridgehead atoms. The molecule has 0 N–H and O–H groups in total. The molecule has 122 valence electrons. The highest BCUT2D eigenvalue weighted by Gasteiger charge is 2.28. The number of rotatable bonds is 2. The van der Waals surface area contributed by atoms with Gasteiger partial charge in [0, 0.05) is 26.2 Å². The highest BCUT2D eigenvalue weighted by atomic mass is 35.5. The highest BCUT2D eigenvalue weighted by Crippen LogP contribution is 2.27. The molecular weight excluding hydrogens is 351 g/mol. The molecule has 6 nitrogen and oxygen atoms in total. The van der Waals surface area contributed by atoms with E-state index >= 15 is 0 Å². The number of halogens is 2. The van der Waals surface area contributed by atoms with Gasteiger partial charge in [0.1, 0.15) is 0 Å². The van der Waals surface area contributed by atoms with Crippen LogP contribution in [0.25, 0.3) is 0 Å². The number of sulfonamides is 1. The molecule has 0 spiro atoms. The maximum absolute atomic E-state index is 12.6. The molecule has 1 fully saturated rings. The summed E-state index contributed by atoms with van der Waals surface area (Å²) >= 11 is 11.7. The zero-order chi connectivity index (χ0) is 16.3. The Morgan fingerprint density at radius 1 is 1.14 bits per heavy atom. The number of carbonyl (C=O) groups is 1. The molecule has 0 unspecified atom stereocenters. The molecule has 0 atom stereocenters. The van der Waals surface area contributed by atoms with Crippen molar-refractivity contribution >= 4 is 39.3 Å². The van der Waals surface area contributed by atoms with E-state index in [2.05, 4.69) is 4.74 Å². The molecular formula is C13H16Cl2N2O4S. The van der Waals surface area contributed by atoms with Crippen molar-refractivity contribution in [3.8, 4) is 0 Å². The fourth-order valence-electron chi connectivity index (χ4n) is 2.23. The Hall–Kier alpha value is -1.02. The van der Waals surface area contributed by atoms with Gasteiger partial charge in [-0.2, -0.15) is 4.31 Å². The predicted molar refractivity (Wildman–Crippen MR) is 83.8 cm³/mol. The molecule has 1 aromatic carbocycles. The van der Waals surface area contributed by atoms with Gasteiger partial charge in [-0.15, -0.1) is 0 Å². The summed E-state index contributed by atoms with van der Waals surface area (Å²) in [4.78, 5) is 13.1. The SMILES string of the molecule is COC(=O)N1CCCN(S(=O)(=O)c2ccc(Cl)c(Cl)c2)CC1. The molecule has 1 heterocycles. The highest BCUT2D eigenvalue weighted by molar-refractivity contribution is 7.89. The summed E-state index contributed by atoms with van der Waals surface area (Å²) in [5.74, 6) is 0. The lowest BCUT2D eigenvalue weighted by molar-refractivity contribution is 0.126. The third-order valence-electron chi connectivity index (χ3n) is 3.42. The van der Waals surface area contributed by atoms with Gasteiger partial charge in [-0.25, -0.2) is 13.2 Å². The van der Waals surface area contributed by atoms with E-state index in [1.165, 1.54) is 34.5 Å². The van der Waals surface area contributed by atoms with E-state index in [9.17, 15) is 13.2 Å². The predicted octanol–water partition coefficient (Wildman–Crippen LogP) is 2.46. The minimum absolute atomic E-state index is 0.0911. The number of benzene rings is 1. The van der Waals surface area contributed by atoms with Crippen LogP contribution >= 0.6 is 23.2 Å². The minimum atomic E-state index is -3.67. The van der Waals surface area contributed by atoms with Gasteiger partial charge in [0.25, 0.3) is 0 Å². The summed E-state index contributed by atoms with van der Waals surface area (Å²) in [6.45, 7) is 1.28. The van der Waals surface area contributed by atoms with Crippen molar-refractivity contribution in [3.05, 3.63) is 28.2 Å². The Bertz CT molecular complexity index is 666. The first-order chi connectivity index (χ1) is 10.4. The molecule has 1 aliphatic rings. The lowest BCUT2D eigenvalue weighted by atomic mass is 10.4. The van der Waals surface area contributed by atoms with Gasteiger partial charge in [0.2, 0.25) is 10.0 Å². The summed E-state index contributed by atoms with van der Waals surface area (Å²) in [5, 5.41) is 0.488. The maximum atomic E-state index is 12.6. The standard InChI is InChI=1S/C13H16Cl2N2O4S/c1-21-13(18)16-5-2-6-17(8-7-16)22(19,20)10-3-4-11(14)12(15)9-10/h3-4,9H,2,5-8H2,1H3. The third kappa shape index (κ3) is 3.65. The molecule has 9 heteroatoms. The van der Waals surface area contributed by atoms with Crippen LogP contribution in [0.15, 0.2) is 23.1 Å². The maximum Gasteiger partial charge on any atom is 0.409 e. The number of carbonyl (C=O) groups excluding carboxylic acids is 1. The molecule has 1 aromatic rings. The summed E-state index contributed by atoms with van der Waals surface area (Å²) < 4.78 is 31.3. The Kier molecular flexibility index (Phi) is 5.55. The summed E-state index contributed by atoms with van der Waals surface area (Å²) in [5.41, 5.74) is 0. The number of hydrogen-bond donors (Lipinski definition) is 0. The van der Waals surface area contributed by atoms with Crippen LogP contribution in [0, 0.1) is 0 Å². The van der Waals surface area contributed by atoms with Gasteiger partial charge >= 0.3 is 6.09 Å². The Labute approximate surface area is 139 Å². The zero-order valence-electron chi connectivity index (χ0n) is 12.0. The summed E-state index contributed by atoms with van der Waals surface area (Å²) in [6, 6.07) is 4.21. The lowest BCUT2D eigenvalue weighted by Crippen LogP contribution is -2.37. The molecule has 1 saturated heterocycles. The van der Waals surface area contributed by atoms with Crippen LogP contribution in [0.2, 0.25) is 10.0 Å². The van der Waals surface area contributed by atoms with E-state index in [1.54, 1.807) is 0 Å². The van der Waals surface area contributed by atoms with Crippen molar-refractivity contribution in [1.29, 1.82) is 0 Å². The molecule has 0 radical (unpaired) electrons. The van der Waals surface area contributed by atoms with E-state index in [4.69, 9.17) is 23.2 Å². The lowest BCUT2D eigenvalue weighted by Gasteiger charge is -2.21. The molecule has 0 aromatic heterocycles. The van der Waals surface area contributed by atoms with E-state index in [-0.39, 0.29) is 23.0 Å². The van der Waals surface area contributed by atoms with Gasteiger partial charge < -0.3 is 9.64 Å². The first kappa shape index (κ1) is 17.3. The van der Waals surface area contributed by atoms with Crippen LogP contribution in [-0.2, 0) is 14.8 Å². The van der Waals surface area contributed by atoms with Crippen LogP contribution in [0.4, 0.5) is 4.79 Å². The molecule has 22 heavy (non-hydrogen) atoms. The van der Waals surface area contributed by atoms with Crippen molar-refractivity contribution in [2.75, 3.05) is 33.3 Å². The summed E-state index contributed by atoms with van der Waals surface area (Å²) in [6.07, 6.45) is 0.0872. The molecule has 1 aliphatic heterocycles. The molecule has 0 aliphatic carbocycles. The molecule has 1 amide bonds. The minimum Gasteiger partial charge on any atom is -0.453 e. The first-order valence-corrected chi connectivity index (χ1v) is 8.84. The van der Waals surface area contributed by atoms with Crippen LogP contribution in [-0.4, -0.2) is 57.0 Å².